The lowest BCUT2D eigenvalue weighted by atomic mass is 10.1. The normalized spacial score (nSPS) is 14.4. The lowest BCUT2D eigenvalue weighted by molar-refractivity contribution is 0.458. The van der Waals surface area contributed by atoms with Gasteiger partial charge < -0.3 is 5.32 Å². The van der Waals surface area contributed by atoms with Gasteiger partial charge in [-0.15, -0.1) is 6.58 Å². The number of hydrogen-bond donors (Lipinski definition) is 1. The SMILES string of the molecule is C=CCCC(C)N[C@H](C)c1ccccc1Br. The molecule has 0 aliphatic rings. The fraction of sp³-hybridized carbons (Fsp3) is 0.429. The summed E-state index contributed by atoms with van der Waals surface area (Å²) in [5.74, 6) is 0. The van der Waals surface area contributed by atoms with Crippen molar-refractivity contribution in [2.45, 2.75) is 38.8 Å². The molecule has 2 atom stereocenters. The zero-order valence-corrected chi connectivity index (χ0v) is 11.6. The van der Waals surface area contributed by atoms with Gasteiger partial charge in [0.15, 0.2) is 0 Å². The summed E-state index contributed by atoms with van der Waals surface area (Å²) in [6, 6.07) is 9.24. The molecule has 1 nitrogen and oxygen atoms in total. The van der Waals surface area contributed by atoms with Crippen LogP contribution in [-0.2, 0) is 0 Å². The van der Waals surface area contributed by atoms with Gasteiger partial charge >= 0.3 is 0 Å². The van der Waals surface area contributed by atoms with Gasteiger partial charge in [-0.25, -0.2) is 0 Å². The fourth-order valence-corrected chi connectivity index (χ4v) is 2.42. The molecule has 0 bridgehead atoms. The maximum Gasteiger partial charge on any atom is 0.0305 e. The van der Waals surface area contributed by atoms with Crippen molar-refractivity contribution in [3.8, 4) is 0 Å². The van der Waals surface area contributed by atoms with E-state index in [0.717, 1.165) is 12.8 Å². The summed E-state index contributed by atoms with van der Waals surface area (Å²) in [4.78, 5) is 0. The van der Waals surface area contributed by atoms with E-state index in [0.29, 0.717) is 12.1 Å². The maximum absolute atomic E-state index is 3.75. The van der Waals surface area contributed by atoms with Crippen LogP contribution in [0.2, 0.25) is 0 Å². The van der Waals surface area contributed by atoms with Gasteiger partial charge in [0, 0.05) is 16.6 Å². The molecule has 0 aliphatic heterocycles. The number of benzene rings is 1. The van der Waals surface area contributed by atoms with Gasteiger partial charge in [-0.05, 0) is 38.3 Å². The lowest BCUT2D eigenvalue weighted by Crippen LogP contribution is -2.28. The van der Waals surface area contributed by atoms with Crippen LogP contribution in [-0.4, -0.2) is 6.04 Å². The molecule has 2 heteroatoms. The predicted molar refractivity (Wildman–Crippen MR) is 74.6 cm³/mol. The Bertz CT molecular complexity index is 335. The standard InChI is InChI=1S/C14H20BrN/c1-4-5-8-11(2)16-12(3)13-9-6-7-10-14(13)15/h4,6-7,9-12,16H,1,5,8H2,2-3H3/t11?,12-/m1/s1. The summed E-state index contributed by atoms with van der Waals surface area (Å²) >= 11 is 3.58. The molecular formula is C14H20BrN. The third-order valence-electron chi connectivity index (χ3n) is 2.71. The average molecular weight is 282 g/mol. The Morgan fingerprint density at radius 2 is 2.06 bits per heavy atom. The Kier molecular flexibility index (Phi) is 5.78. The van der Waals surface area contributed by atoms with E-state index in [-0.39, 0.29) is 0 Å². The minimum absolute atomic E-state index is 0.371. The van der Waals surface area contributed by atoms with E-state index in [1.165, 1.54) is 10.0 Å². The van der Waals surface area contributed by atoms with Crippen molar-refractivity contribution >= 4 is 15.9 Å². The first-order chi connectivity index (χ1) is 7.65. The van der Waals surface area contributed by atoms with Crippen molar-refractivity contribution < 1.29 is 0 Å². The van der Waals surface area contributed by atoms with Gasteiger partial charge in [0.1, 0.15) is 0 Å². The van der Waals surface area contributed by atoms with Crippen LogP contribution in [0.1, 0.15) is 38.3 Å². The molecule has 1 rings (SSSR count). The van der Waals surface area contributed by atoms with E-state index in [4.69, 9.17) is 0 Å². The van der Waals surface area contributed by atoms with Crippen molar-refractivity contribution in [2.24, 2.45) is 0 Å². The van der Waals surface area contributed by atoms with Crippen LogP contribution >= 0.6 is 15.9 Å². The highest BCUT2D eigenvalue weighted by Gasteiger charge is 2.10. The molecule has 0 spiro atoms. The molecule has 0 aromatic heterocycles. The monoisotopic (exact) mass is 281 g/mol. The topological polar surface area (TPSA) is 12.0 Å². The van der Waals surface area contributed by atoms with Gasteiger partial charge in [0.2, 0.25) is 0 Å². The van der Waals surface area contributed by atoms with Crippen molar-refractivity contribution in [1.82, 2.24) is 5.32 Å². The third-order valence-corrected chi connectivity index (χ3v) is 3.43. The second kappa shape index (κ2) is 6.87. The van der Waals surface area contributed by atoms with Crippen molar-refractivity contribution in [3.63, 3.8) is 0 Å². The molecule has 0 fully saturated rings. The van der Waals surface area contributed by atoms with E-state index in [1.54, 1.807) is 0 Å². The van der Waals surface area contributed by atoms with Crippen LogP contribution in [0.15, 0.2) is 41.4 Å². The summed E-state index contributed by atoms with van der Waals surface area (Å²) in [5, 5.41) is 3.59. The molecule has 0 radical (unpaired) electrons. The Morgan fingerprint density at radius 3 is 2.69 bits per heavy atom. The van der Waals surface area contributed by atoms with Crippen molar-refractivity contribution in [2.75, 3.05) is 0 Å². The number of rotatable bonds is 6. The molecule has 0 heterocycles. The van der Waals surface area contributed by atoms with Gasteiger partial charge in [0.25, 0.3) is 0 Å². The molecule has 1 N–H and O–H groups in total. The first kappa shape index (κ1) is 13.5. The summed E-state index contributed by atoms with van der Waals surface area (Å²) in [7, 11) is 0. The molecule has 1 aromatic carbocycles. The largest absolute Gasteiger partial charge is 0.308 e. The molecule has 16 heavy (non-hydrogen) atoms. The highest BCUT2D eigenvalue weighted by molar-refractivity contribution is 9.10. The van der Waals surface area contributed by atoms with E-state index in [1.807, 2.05) is 12.1 Å². The van der Waals surface area contributed by atoms with Crippen molar-refractivity contribution in [1.29, 1.82) is 0 Å². The van der Waals surface area contributed by atoms with Crippen LogP contribution in [0, 0.1) is 0 Å². The summed E-state index contributed by atoms with van der Waals surface area (Å²) < 4.78 is 1.17. The molecule has 0 saturated carbocycles. The zero-order valence-electron chi connectivity index (χ0n) is 10.0. The van der Waals surface area contributed by atoms with E-state index < -0.39 is 0 Å². The number of allylic oxidation sites excluding steroid dienone is 1. The molecule has 0 aliphatic carbocycles. The lowest BCUT2D eigenvalue weighted by Gasteiger charge is -2.20. The van der Waals surface area contributed by atoms with Crippen LogP contribution in [0.25, 0.3) is 0 Å². The predicted octanol–water partition coefficient (Wildman–Crippen LogP) is 4.45. The molecule has 1 aromatic rings. The smallest absolute Gasteiger partial charge is 0.0305 e. The second-order valence-corrected chi connectivity index (χ2v) is 5.03. The Balaban J connectivity index is 2.55. The number of hydrogen-bond acceptors (Lipinski definition) is 1. The van der Waals surface area contributed by atoms with Gasteiger partial charge in [-0.3, -0.25) is 0 Å². The van der Waals surface area contributed by atoms with E-state index in [9.17, 15) is 0 Å². The van der Waals surface area contributed by atoms with Gasteiger partial charge in [-0.2, -0.15) is 0 Å². The molecule has 0 saturated heterocycles. The van der Waals surface area contributed by atoms with Crippen LogP contribution in [0.4, 0.5) is 0 Å². The molecule has 0 amide bonds. The van der Waals surface area contributed by atoms with E-state index >= 15 is 0 Å². The van der Waals surface area contributed by atoms with Crippen LogP contribution < -0.4 is 5.32 Å². The highest BCUT2D eigenvalue weighted by atomic mass is 79.9. The minimum Gasteiger partial charge on any atom is -0.308 e. The Morgan fingerprint density at radius 1 is 1.38 bits per heavy atom. The summed E-state index contributed by atoms with van der Waals surface area (Å²) in [6.45, 7) is 8.17. The Labute approximate surface area is 107 Å². The van der Waals surface area contributed by atoms with E-state index in [2.05, 4.69) is 59.9 Å². The fourth-order valence-electron chi connectivity index (χ4n) is 1.79. The third kappa shape index (κ3) is 4.11. The molecule has 1 unspecified atom stereocenters. The first-order valence-electron chi connectivity index (χ1n) is 5.76. The highest BCUT2D eigenvalue weighted by Crippen LogP contribution is 2.23. The summed E-state index contributed by atoms with van der Waals surface area (Å²) in [5.41, 5.74) is 1.31. The van der Waals surface area contributed by atoms with Crippen LogP contribution in [0.5, 0.6) is 0 Å². The zero-order chi connectivity index (χ0) is 12.0. The summed E-state index contributed by atoms with van der Waals surface area (Å²) in [6.07, 6.45) is 4.18. The number of nitrogens with one attached hydrogen (secondary N) is 1. The van der Waals surface area contributed by atoms with Gasteiger partial charge in [-0.1, -0.05) is 40.2 Å². The first-order valence-corrected chi connectivity index (χ1v) is 6.55. The second-order valence-electron chi connectivity index (χ2n) is 4.18. The minimum atomic E-state index is 0.371. The van der Waals surface area contributed by atoms with Crippen LogP contribution in [0.3, 0.4) is 0 Å². The molecule has 88 valence electrons. The quantitative estimate of drug-likeness (QED) is 0.760. The van der Waals surface area contributed by atoms with Crippen molar-refractivity contribution in [3.05, 3.63) is 47.0 Å². The molecular weight excluding hydrogens is 262 g/mol. The maximum atomic E-state index is 3.75. The number of halogens is 1. The Hall–Kier alpha value is -0.600. The van der Waals surface area contributed by atoms with Gasteiger partial charge in [0.05, 0.1) is 0 Å². The average Bonchev–Trinajstić information content (AvgIpc) is 2.26.